The summed E-state index contributed by atoms with van der Waals surface area (Å²) in [6.07, 6.45) is 3.53. The van der Waals surface area contributed by atoms with Gasteiger partial charge in [-0.3, -0.25) is 9.59 Å². The molecule has 22 heavy (non-hydrogen) atoms. The second-order valence-electron chi connectivity index (χ2n) is 6.16. The average molecular weight is 368 g/mol. The predicted molar refractivity (Wildman–Crippen MR) is 83.9 cm³/mol. The SMILES string of the molecule is O=Cc1cc(C(=O)N2CC3CCC2C(CO)C3)cc(Br)c1O. The quantitative estimate of drug-likeness (QED) is 0.802. The zero-order valence-corrected chi connectivity index (χ0v) is 13.6. The number of phenolic OH excluding ortho intramolecular Hbond substituents is 1. The van der Waals surface area contributed by atoms with Gasteiger partial charge in [0, 0.05) is 30.7 Å². The van der Waals surface area contributed by atoms with Crippen molar-refractivity contribution in [3.05, 3.63) is 27.7 Å². The van der Waals surface area contributed by atoms with E-state index < -0.39 is 0 Å². The Morgan fingerprint density at radius 2 is 2.18 bits per heavy atom. The van der Waals surface area contributed by atoms with Crippen molar-refractivity contribution in [2.24, 2.45) is 11.8 Å². The highest BCUT2D eigenvalue weighted by Crippen LogP contribution is 2.40. The number of fused-ring (bicyclic) bond motifs is 3. The number of amides is 1. The van der Waals surface area contributed by atoms with Crippen LogP contribution in [0.5, 0.6) is 5.75 Å². The van der Waals surface area contributed by atoms with Crippen molar-refractivity contribution in [3.8, 4) is 5.75 Å². The number of benzene rings is 1. The van der Waals surface area contributed by atoms with Gasteiger partial charge in [-0.2, -0.15) is 0 Å². The zero-order chi connectivity index (χ0) is 15.9. The number of carbonyl (C=O) groups is 2. The zero-order valence-electron chi connectivity index (χ0n) is 12.0. The van der Waals surface area contributed by atoms with Crippen LogP contribution in [-0.4, -0.2) is 46.5 Å². The Morgan fingerprint density at radius 3 is 2.82 bits per heavy atom. The van der Waals surface area contributed by atoms with Gasteiger partial charge in [-0.15, -0.1) is 0 Å². The maximum atomic E-state index is 12.8. The van der Waals surface area contributed by atoms with Crippen LogP contribution in [0, 0.1) is 11.8 Å². The minimum Gasteiger partial charge on any atom is -0.506 e. The summed E-state index contributed by atoms with van der Waals surface area (Å²) in [7, 11) is 0. The lowest BCUT2D eigenvalue weighted by atomic mass is 9.73. The van der Waals surface area contributed by atoms with Gasteiger partial charge in [0.05, 0.1) is 10.0 Å². The van der Waals surface area contributed by atoms with Crippen molar-refractivity contribution in [3.63, 3.8) is 0 Å². The van der Waals surface area contributed by atoms with Crippen molar-refractivity contribution < 1.29 is 19.8 Å². The molecule has 0 spiro atoms. The number of aliphatic hydroxyl groups excluding tert-OH is 1. The molecule has 3 unspecified atom stereocenters. The molecule has 4 rings (SSSR count). The number of hydrogen-bond donors (Lipinski definition) is 2. The lowest BCUT2D eigenvalue weighted by Crippen LogP contribution is -2.56. The molecule has 1 aromatic rings. The molecule has 2 bridgehead atoms. The molecule has 118 valence electrons. The Morgan fingerprint density at radius 1 is 1.41 bits per heavy atom. The number of carbonyl (C=O) groups excluding carboxylic acids is 2. The lowest BCUT2D eigenvalue weighted by molar-refractivity contribution is -0.0107. The van der Waals surface area contributed by atoms with Crippen LogP contribution in [0.25, 0.3) is 0 Å². The lowest BCUT2D eigenvalue weighted by Gasteiger charge is -2.49. The van der Waals surface area contributed by atoms with Gasteiger partial charge in [-0.25, -0.2) is 0 Å². The molecule has 3 atom stereocenters. The fraction of sp³-hybridized carbons (Fsp3) is 0.500. The molecule has 3 aliphatic rings. The standard InChI is InChI=1S/C16H18BrNO4/c17-13-5-10(4-12(8-20)15(13)21)16(22)18-6-9-1-2-14(18)11(3-9)7-19/h4-5,8-9,11,14,19,21H,1-3,6-7H2. The fourth-order valence-corrected chi connectivity index (χ4v) is 4.24. The van der Waals surface area contributed by atoms with E-state index in [0.717, 1.165) is 19.3 Å². The van der Waals surface area contributed by atoms with E-state index in [-0.39, 0.29) is 35.8 Å². The highest BCUT2D eigenvalue weighted by Gasteiger charge is 2.42. The first kappa shape index (κ1) is 15.5. The average Bonchev–Trinajstić information content (AvgIpc) is 2.56. The van der Waals surface area contributed by atoms with Gasteiger partial charge in [0.1, 0.15) is 5.75 Å². The second-order valence-corrected chi connectivity index (χ2v) is 7.01. The molecule has 5 nitrogen and oxygen atoms in total. The van der Waals surface area contributed by atoms with Crippen LogP contribution < -0.4 is 0 Å². The predicted octanol–water partition coefficient (Wildman–Crippen LogP) is 2.20. The number of halogens is 1. The van der Waals surface area contributed by atoms with Crippen molar-refractivity contribution in [1.29, 1.82) is 0 Å². The fourth-order valence-electron chi connectivity index (χ4n) is 3.76. The Kier molecular flexibility index (Phi) is 4.23. The Bertz CT molecular complexity index is 618. The summed E-state index contributed by atoms with van der Waals surface area (Å²) in [5.74, 6) is 0.288. The van der Waals surface area contributed by atoms with Crippen LogP contribution in [0.2, 0.25) is 0 Å². The Balaban J connectivity index is 1.91. The summed E-state index contributed by atoms with van der Waals surface area (Å²) in [6, 6.07) is 3.03. The highest BCUT2D eigenvalue weighted by molar-refractivity contribution is 9.10. The molecule has 3 fully saturated rings. The summed E-state index contributed by atoms with van der Waals surface area (Å²) in [5.41, 5.74) is 0.481. The number of nitrogens with zero attached hydrogens (tertiary/aromatic N) is 1. The summed E-state index contributed by atoms with van der Waals surface area (Å²) in [5, 5.41) is 19.3. The van der Waals surface area contributed by atoms with Gasteiger partial charge in [0.2, 0.25) is 0 Å². The topological polar surface area (TPSA) is 77.8 Å². The summed E-state index contributed by atoms with van der Waals surface area (Å²) in [6.45, 7) is 0.804. The summed E-state index contributed by atoms with van der Waals surface area (Å²) >= 11 is 3.18. The molecule has 1 aromatic carbocycles. The van der Waals surface area contributed by atoms with Gasteiger partial charge in [-0.1, -0.05) is 0 Å². The molecule has 1 amide bonds. The number of aromatic hydroxyl groups is 1. The van der Waals surface area contributed by atoms with Gasteiger partial charge in [-0.05, 0) is 53.2 Å². The highest BCUT2D eigenvalue weighted by atomic mass is 79.9. The van der Waals surface area contributed by atoms with E-state index in [2.05, 4.69) is 15.9 Å². The van der Waals surface area contributed by atoms with Crippen molar-refractivity contribution in [1.82, 2.24) is 4.90 Å². The largest absolute Gasteiger partial charge is 0.506 e. The van der Waals surface area contributed by atoms with Gasteiger partial charge in [0.25, 0.3) is 5.91 Å². The number of aldehydes is 1. The molecule has 2 heterocycles. The number of piperidine rings is 2. The van der Waals surface area contributed by atoms with E-state index in [1.165, 1.54) is 6.07 Å². The van der Waals surface area contributed by atoms with Crippen molar-refractivity contribution in [2.45, 2.75) is 25.3 Å². The molecule has 2 aliphatic heterocycles. The van der Waals surface area contributed by atoms with E-state index in [9.17, 15) is 19.8 Å². The number of hydrogen-bond acceptors (Lipinski definition) is 4. The van der Waals surface area contributed by atoms with Crippen molar-refractivity contribution >= 4 is 28.1 Å². The van der Waals surface area contributed by atoms with Crippen molar-refractivity contribution in [2.75, 3.05) is 13.2 Å². The van der Waals surface area contributed by atoms with Gasteiger partial charge in [0.15, 0.2) is 6.29 Å². The first-order chi connectivity index (χ1) is 10.5. The van der Waals surface area contributed by atoms with Crippen LogP contribution in [0.15, 0.2) is 16.6 Å². The molecule has 0 aromatic heterocycles. The molecule has 0 radical (unpaired) electrons. The first-order valence-corrected chi connectivity index (χ1v) is 8.24. The van der Waals surface area contributed by atoms with Crippen LogP contribution in [-0.2, 0) is 0 Å². The third-order valence-corrected chi connectivity index (χ3v) is 5.47. The van der Waals surface area contributed by atoms with Crippen LogP contribution in [0.1, 0.15) is 40.0 Å². The minimum atomic E-state index is -0.153. The number of aliphatic hydroxyl groups is 1. The van der Waals surface area contributed by atoms with Crippen LogP contribution in [0.3, 0.4) is 0 Å². The maximum absolute atomic E-state index is 12.8. The van der Waals surface area contributed by atoms with Gasteiger partial charge >= 0.3 is 0 Å². The molecule has 1 saturated carbocycles. The van der Waals surface area contributed by atoms with Gasteiger partial charge < -0.3 is 15.1 Å². The molecule has 6 heteroatoms. The first-order valence-electron chi connectivity index (χ1n) is 7.44. The monoisotopic (exact) mass is 367 g/mol. The van der Waals surface area contributed by atoms with E-state index in [4.69, 9.17) is 0 Å². The number of phenols is 1. The van der Waals surface area contributed by atoms with E-state index in [1.807, 2.05) is 4.90 Å². The third-order valence-electron chi connectivity index (χ3n) is 4.87. The summed E-state index contributed by atoms with van der Waals surface area (Å²) in [4.78, 5) is 25.7. The van der Waals surface area contributed by atoms with Crippen LogP contribution in [0.4, 0.5) is 0 Å². The molecule has 1 aliphatic carbocycles. The molecular formula is C16H18BrNO4. The normalized spacial score (nSPS) is 27.0. The van der Waals surface area contributed by atoms with E-state index in [1.54, 1.807) is 6.07 Å². The minimum absolute atomic E-state index is 0.0646. The molecular weight excluding hydrogens is 350 g/mol. The number of rotatable bonds is 3. The second kappa shape index (κ2) is 6.01. The van der Waals surface area contributed by atoms with Crippen LogP contribution >= 0.6 is 15.9 Å². The molecule has 2 saturated heterocycles. The third kappa shape index (κ3) is 2.54. The smallest absolute Gasteiger partial charge is 0.254 e. The Labute approximate surface area is 137 Å². The Hall–Kier alpha value is -1.40. The maximum Gasteiger partial charge on any atom is 0.254 e. The summed E-state index contributed by atoms with van der Waals surface area (Å²) < 4.78 is 0.335. The molecule has 2 N–H and O–H groups in total. The van der Waals surface area contributed by atoms with E-state index >= 15 is 0 Å². The van der Waals surface area contributed by atoms with E-state index in [0.29, 0.717) is 28.8 Å².